The van der Waals surface area contributed by atoms with Gasteiger partial charge in [0.1, 0.15) is 6.04 Å². The molecule has 1 rings (SSSR count). The molecule has 0 bridgehead atoms. The van der Waals surface area contributed by atoms with Crippen LogP contribution in [0.1, 0.15) is 26.0 Å². The standard InChI is InChI=1S/C10H13F3N2O2S/c1-3-5(2)7(8(16)17)15-9-14-6(4-18-9)10(11,12)13/h4-5,7H,3H2,1-2H3,(H,14,15)(H,16,17)/t5-,7-/m0/s1. The van der Waals surface area contributed by atoms with Crippen molar-refractivity contribution in [2.24, 2.45) is 5.92 Å². The monoisotopic (exact) mass is 282 g/mol. The number of aromatic nitrogens is 1. The van der Waals surface area contributed by atoms with Crippen LogP contribution in [0.4, 0.5) is 18.3 Å². The fraction of sp³-hybridized carbons (Fsp3) is 0.600. The van der Waals surface area contributed by atoms with Gasteiger partial charge in [-0.3, -0.25) is 0 Å². The van der Waals surface area contributed by atoms with Crippen LogP contribution in [0.25, 0.3) is 0 Å². The number of rotatable bonds is 5. The summed E-state index contributed by atoms with van der Waals surface area (Å²) in [7, 11) is 0. The molecule has 2 atom stereocenters. The molecule has 102 valence electrons. The summed E-state index contributed by atoms with van der Waals surface area (Å²) >= 11 is 0.744. The van der Waals surface area contributed by atoms with Crippen LogP contribution >= 0.6 is 11.3 Å². The van der Waals surface area contributed by atoms with Crippen LogP contribution in [0.2, 0.25) is 0 Å². The first-order valence-electron chi connectivity index (χ1n) is 5.27. The third kappa shape index (κ3) is 3.59. The van der Waals surface area contributed by atoms with Crippen molar-refractivity contribution in [2.45, 2.75) is 32.5 Å². The van der Waals surface area contributed by atoms with E-state index in [9.17, 15) is 18.0 Å². The van der Waals surface area contributed by atoms with Crippen molar-refractivity contribution >= 4 is 22.4 Å². The van der Waals surface area contributed by atoms with Crippen molar-refractivity contribution in [1.29, 1.82) is 0 Å². The first-order valence-corrected chi connectivity index (χ1v) is 6.15. The average molecular weight is 282 g/mol. The minimum atomic E-state index is -4.51. The molecule has 18 heavy (non-hydrogen) atoms. The summed E-state index contributed by atoms with van der Waals surface area (Å²) in [6.45, 7) is 3.52. The highest BCUT2D eigenvalue weighted by molar-refractivity contribution is 7.13. The van der Waals surface area contributed by atoms with Crippen molar-refractivity contribution in [3.63, 3.8) is 0 Å². The quantitative estimate of drug-likeness (QED) is 0.871. The Balaban J connectivity index is 2.82. The second kappa shape index (κ2) is 5.55. The highest BCUT2D eigenvalue weighted by atomic mass is 32.1. The van der Waals surface area contributed by atoms with E-state index in [2.05, 4.69) is 10.3 Å². The number of halogens is 3. The minimum Gasteiger partial charge on any atom is -0.480 e. The van der Waals surface area contributed by atoms with Gasteiger partial charge in [0, 0.05) is 5.38 Å². The molecule has 8 heteroatoms. The van der Waals surface area contributed by atoms with E-state index in [0.29, 0.717) is 6.42 Å². The third-order valence-corrected chi connectivity index (χ3v) is 3.33. The Morgan fingerprint density at radius 2 is 2.22 bits per heavy atom. The van der Waals surface area contributed by atoms with Crippen LogP contribution in [-0.4, -0.2) is 22.1 Å². The predicted octanol–water partition coefficient (Wildman–Crippen LogP) is 3.07. The van der Waals surface area contributed by atoms with Gasteiger partial charge in [-0.1, -0.05) is 20.3 Å². The van der Waals surface area contributed by atoms with E-state index in [-0.39, 0.29) is 11.0 Å². The van der Waals surface area contributed by atoms with Crippen LogP contribution in [0.5, 0.6) is 0 Å². The highest BCUT2D eigenvalue weighted by Crippen LogP contribution is 2.32. The van der Waals surface area contributed by atoms with Gasteiger partial charge < -0.3 is 10.4 Å². The molecule has 1 aromatic rings. The van der Waals surface area contributed by atoms with Gasteiger partial charge in [0.15, 0.2) is 10.8 Å². The zero-order chi connectivity index (χ0) is 13.9. The number of anilines is 1. The minimum absolute atomic E-state index is 0.0324. The Kier molecular flexibility index (Phi) is 4.55. The fourth-order valence-electron chi connectivity index (χ4n) is 1.29. The van der Waals surface area contributed by atoms with Crippen LogP contribution < -0.4 is 5.32 Å². The number of thiazole rings is 1. The lowest BCUT2D eigenvalue weighted by atomic mass is 10.00. The number of nitrogens with one attached hydrogen (secondary N) is 1. The molecule has 0 unspecified atom stereocenters. The summed E-state index contributed by atoms with van der Waals surface area (Å²) in [6, 6.07) is -0.942. The molecule has 0 amide bonds. The summed E-state index contributed by atoms with van der Waals surface area (Å²) in [6.07, 6.45) is -3.91. The largest absolute Gasteiger partial charge is 0.480 e. The number of hydrogen-bond donors (Lipinski definition) is 2. The van der Waals surface area contributed by atoms with Crippen molar-refractivity contribution in [1.82, 2.24) is 4.98 Å². The second-order valence-corrected chi connectivity index (χ2v) is 4.74. The first-order chi connectivity index (χ1) is 8.25. The number of alkyl halides is 3. The zero-order valence-electron chi connectivity index (χ0n) is 9.78. The molecule has 0 spiro atoms. The molecular formula is C10H13F3N2O2S. The van der Waals surface area contributed by atoms with Gasteiger partial charge in [0.05, 0.1) is 0 Å². The van der Waals surface area contributed by atoms with E-state index in [1.807, 2.05) is 6.92 Å². The molecule has 0 aliphatic carbocycles. The molecule has 0 saturated carbocycles. The summed E-state index contributed by atoms with van der Waals surface area (Å²) in [5.74, 6) is -1.31. The maximum atomic E-state index is 12.3. The summed E-state index contributed by atoms with van der Waals surface area (Å²) in [4.78, 5) is 14.3. The first kappa shape index (κ1) is 14.7. The molecule has 0 aliphatic rings. The molecule has 4 nitrogen and oxygen atoms in total. The Morgan fingerprint density at radius 1 is 1.61 bits per heavy atom. The smallest absolute Gasteiger partial charge is 0.434 e. The molecule has 2 N–H and O–H groups in total. The summed E-state index contributed by atoms with van der Waals surface area (Å²) in [5.41, 5.74) is -1.01. The van der Waals surface area contributed by atoms with Crippen molar-refractivity contribution in [3.8, 4) is 0 Å². The number of nitrogens with zero attached hydrogens (tertiary/aromatic N) is 1. The van der Waals surface area contributed by atoms with Gasteiger partial charge in [-0.15, -0.1) is 11.3 Å². The topological polar surface area (TPSA) is 62.2 Å². The van der Waals surface area contributed by atoms with E-state index in [0.717, 1.165) is 16.7 Å². The highest BCUT2D eigenvalue weighted by Gasteiger charge is 2.34. The van der Waals surface area contributed by atoms with E-state index >= 15 is 0 Å². The molecule has 0 fully saturated rings. The van der Waals surface area contributed by atoms with E-state index in [1.54, 1.807) is 6.92 Å². The summed E-state index contributed by atoms with van der Waals surface area (Å²) < 4.78 is 37.0. The van der Waals surface area contributed by atoms with Gasteiger partial charge in [-0.05, 0) is 5.92 Å². The molecule has 1 heterocycles. The van der Waals surface area contributed by atoms with Crippen molar-refractivity contribution in [2.75, 3.05) is 5.32 Å². The van der Waals surface area contributed by atoms with Crippen molar-refractivity contribution < 1.29 is 23.1 Å². The van der Waals surface area contributed by atoms with Gasteiger partial charge in [-0.25, -0.2) is 9.78 Å². The van der Waals surface area contributed by atoms with Crippen LogP contribution in [0.3, 0.4) is 0 Å². The van der Waals surface area contributed by atoms with Crippen molar-refractivity contribution in [3.05, 3.63) is 11.1 Å². The zero-order valence-corrected chi connectivity index (χ0v) is 10.6. The molecule has 0 aliphatic heterocycles. The Hall–Kier alpha value is -1.31. The third-order valence-electron chi connectivity index (χ3n) is 2.55. The lowest BCUT2D eigenvalue weighted by Crippen LogP contribution is -2.35. The van der Waals surface area contributed by atoms with Gasteiger partial charge in [0.2, 0.25) is 0 Å². The van der Waals surface area contributed by atoms with E-state index in [4.69, 9.17) is 5.11 Å². The molecule has 0 radical (unpaired) electrons. The molecule has 0 aromatic carbocycles. The lowest BCUT2D eigenvalue weighted by molar-refractivity contribution is -0.140. The second-order valence-electron chi connectivity index (χ2n) is 3.88. The molecular weight excluding hydrogens is 269 g/mol. The molecule has 1 aromatic heterocycles. The lowest BCUT2D eigenvalue weighted by Gasteiger charge is -2.19. The van der Waals surface area contributed by atoms with Gasteiger partial charge >= 0.3 is 12.1 Å². The SMILES string of the molecule is CC[C@H](C)[C@H](Nc1nc(C(F)(F)F)cs1)C(=O)O. The van der Waals surface area contributed by atoms with Crippen LogP contribution in [0, 0.1) is 5.92 Å². The Bertz CT molecular complexity index is 420. The number of carboxylic acids is 1. The number of aliphatic carboxylic acids is 1. The van der Waals surface area contributed by atoms with E-state index < -0.39 is 23.9 Å². The maximum absolute atomic E-state index is 12.3. The van der Waals surface area contributed by atoms with Gasteiger partial charge in [0.25, 0.3) is 0 Å². The number of carboxylic acid groups (broad SMARTS) is 1. The number of carbonyl (C=O) groups is 1. The molecule has 0 saturated heterocycles. The normalized spacial score (nSPS) is 15.2. The van der Waals surface area contributed by atoms with Crippen LogP contribution in [0.15, 0.2) is 5.38 Å². The fourth-order valence-corrected chi connectivity index (χ4v) is 2.04. The maximum Gasteiger partial charge on any atom is 0.434 e. The average Bonchev–Trinajstić information content (AvgIpc) is 2.72. The number of hydrogen-bond acceptors (Lipinski definition) is 4. The van der Waals surface area contributed by atoms with Crippen LogP contribution in [-0.2, 0) is 11.0 Å². The van der Waals surface area contributed by atoms with E-state index in [1.165, 1.54) is 0 Å². The predicted molar refractivity (Wildman–Crippen MR) is 61.6 cm³/mol. The van der Waals surface area contributed by atoms with Gasteiger partial charge in [-0.2, -0.15) is 13.2 Å². The summed E-state index contributed by atoms with van der Waals surface area (Å²) in [5, 5.41) is 12.4. The Labute approximate surface area is 106 Å². The Morgan fingerprint density at radius 3 is 2.61 bits per heavy atom.